The SMILES string of the molecule is C=C1CCc2cc(Br)c(OC)cc21. The number of fused-ring (bicyclic) bond motifs is 1. The Morgan fingerprint density at radius 2 is 2.15 bits per heavy atom. The maximum Gasteiger partial charge on any atom is 0.133 e. The summed E-state index contributed by atoms with van der Waals surface area (Å²) in [5.41, 5.74) is 3.86. The molecule has 2 rings (SSSR count). The van der Waals surface area contributed by atoms with Gasteiger partial charge in [-0.05, 0) is 57.6 Å². The lowest BCUT2D eigenvalue weighted by atomic mass is 10.1. The predicted octanol–water partition coefficient (Wildman–Crippen LogP) is 3.42. The molecular formula is C11H11BrO. The summed E-state index contributed by atoms with van der Waals surface area (Å²) in [5.74, 6) is 0.891. The first-order valence-corrected chi connectivity index (χ1v) is 5.06. The number of benzene rings is 1. The van der Waals surface area contributed by atoms with Gasteiger partial charge in [0, 0.05) is 0 Å². The summed E-state index contributed by atoms with van der Waals surface area (Å²) in [7, 11) is 1.68. The Hall–Kier alpha value is -0.760. The summed E-state index contributed by atoms with van der Waals surface area (Å²) < 4.78 is 6.26. The molecule has 0 bridgehead atoms. The standard InChI is InChI=1S/C11H11BrO/c1-7-3-4-8-5-10(12)11(13-2)6-9(7)8/h5-6H,1,3-4H2,2H3. The average molecular weight is 239 g/mol. The van der Waals surface area contributed by atoms with Gasteiger partial charge in [-0.25, -0.2) is 0 Å². The van der Waals surface area contributed by atoms with E-state index in [4.69, 9.17) is 4.74 Å². The Morgan fingerprint density at radius 1 is 1.38 bits per heavy atom. The van der Waals surface area contributed by atoms with Crippen LogP contribution in [0.15, 0.2) is 23.2 Å². The van der Waals surface area contributed by atoms with E-state index in [1.807, 2.05) is 0 Å². The molecule has 0 spiro atoms. The lowest BCUT2D eigenvalue weighted by molar-refractivity contribution is 0.412. The normalized spacial score (nSPS) is 14.5. The molecule has 2 heteroatoms. The minimum absolute atomic E-state index is 0.891. The number of allylic oxidation sites excluding steroid dienone is 1. The summed E-state index contributed by atoms with van der Waals surface area (Å²) in [6.07, 6.45) is 2.19. The number of aryl methyl sites for hydroxylation is 1. The van der Waals surface area contributed by atoms with Crippen molar-refractivity contribution in [1.82, 2.24) is 0 Å². The molecule has 0 unspecified atom stereocenters. The van der Waals surface area contributed by atoms with Gasteiger partial charge in [0.15, 0.2) is 0 Å². The van der Waals surface area contributed by atoms with Gasteiger partial charge in [0.25, 0.3) is 0 Å². The van der Waals surface area contributed by atoms with Gasteiger partial charge in [0.2, 0.25) is 0 Å². The largest absolute Gasteiger partial charge is 0.496 e. The quantitative estimate of drug-likeness (QED) is 0.729. The molecule has 1 aromatic rings. The van der Waals surface area contributed by atoms with Gasteiger partial charge in [-0.1, -0.05) is 6.58 Å². The minimum atomic E-state index is 0.891. The van der Waals surface area contributed by atoms with E-state index in [-0.39, 0.29) is 0 Å². The molecule has 0 atom stereocenters. The van der Waals surface area contributed by atoms with Crippen molar-refractivity contribution in [3.05, 3.63) is 34.3 Å². The summed E-state index contributed by atoms with van der Waals surface area (Å²) in [5, 5.41) is 0. The van der Waals surface area contributed by atoms with Crippen LogP contribution in [0.3, 0.4) is 0 Å². The molecule has 0 N–H and O–H groups in total. The first kappa shape index (κ1) is 8.82. The topological polar surface area (TPSA) is 9.23 Å². The van der Waals surface area contributed by atoms with Crippen LogP contribution >= 0.6 is 15.9 Å². The highest BCUT2D eigenvalue weighted by molar-refractivity contribution is 9.10. The number of rotatable bonds is 1. The Morgan fingerprint density at radius 3 is 2.85 bits per heavy atom. The second kappa shape index (κ2) is 3.18. The van der Waals surface area contributed by atoms with Crippen LogP contribution in [0.2, 0.25) is 0 Å². The molecule has 1 aromatic carbocycles. The van der Waals surface area contributed by atoms with Gasteiger partial charge >= 0.3 is 0 Å². The van der Waals surface area contributed by atoms with E-state index in [9.17, 15) is 0 Å². The van der Waals surface area contributed by atoms with Gasteiger partial charge in [-0.15, -0.1) is 0 Å². The molecule has 0 aliphatic heterocycles. The molecule has 68 valence electrons. The molecule has 1 aliphatic rings. The fourth-order valence-corrected chi connectivity index (χ4v) is 2.26. The third kappa shape index (κ3) is 1.39. The van der Waals surface area contributed by atoms with Crippen molar-refractivity contribution in [2.75, 3.05) is 7.11 Å². The fourth-order valence-electron chi connectivity index (χ4n) is 1.71. The molecule has 0 fully saturated rings. The summed E-state index contributed by atoms with van der Waals surface area (Å²) >= 11 is 3.48. The highest BCUT2D eigenvalue weighted by Gasteiger charge is 2.16. The van der Waals surface area contributed by atoms with Crippen LogP contribution in [0.4, 0.5) is 0 Å². The Kier molecular flexibility index (Phi) is 2.16. The molecule has 1 nitrogen and oxygen atoms in total. The van der Waals surface area contributed by atoms with Crippen LogP contribution in [0.25, 0.3) is 5.57 Å². The minimum Gasteiger partial charge on any atom is -0.496 e. The van der Waals surface area contributed by atoms with Crippen molar-refractivity contribution >= 4 is 21.5 Å². The third-order valence-electron chi connectivity index (χ3n) is 2.45. The van der Waals surface area contributed by atoms with E-state index >= 15 is 0 Å². The molecule has 0 saturated carbocycles. The van der Waals surface area contributed by atoms with E-state index in [2.05, 4.69) is 34.6 Å². The Bertz CT molecular complexity index is 369. The lowest BCUT2D eigenvalue weighted by Gasteiger charge is -2.06. The monoisotopic (exact) mass is 238 g/mol. The van der Waals surface area contributed by atoms with Gasteiger partial charge in [-0.3, -0.25) is 0 Å². The predicted molar refractivity (Wildman–Crippen MR) is 58.0 cm³/mol. The van der Waals surface area contributed by atoms with Crippen molar-refractivity contribution in [1.29, 1.82) is 0 Å². The first-order chi connectivity index (χ1) is 6.22. The second-order valence-corrected chi connectivity index (χ2v) is 4.10. The molecule has 0 radical (unpaired) electrons. The molecule has 0 saturated heterocycles. The number of hydrogen-bond acceptors (Lipinski definition) is 1. The Balaban J connectivity index is 2.57. The van der Waals surface area contributed by atoms with Gasteiger partial charge < -0.3 is 4.74 Å². The maximum atomic E-state index is 5.23. The van der Waals surface area contributed by atoms with E-state index in [1.165, 1.54) is 16.7 Å². The molecule has 0 amide bonds. The molecular weight excluding hydrogens is 228 g/mol. The first-order valence-electron chi connectivity index (χ1n) is 4.27. The van der Waals surface area contributed by atoms with E-state index in [0.717, 1.165) is 23.1 Å². The smallest absolute Gasteiger partial charge is 0.133 e. The maximum absolute atomic E-state index is 5.23. The van der Waals surface area contributed by atoms with Gasteiger partial charge in [0.05, 0.1) is 11.6 Å². The second-order valence-electron chi connectivity index (χ2n) is 3.25. The van der Waals surface area contributed by atoms with E-state index in [0.29, 0.717) is 0 Å². The van der Waals surface area contributed by atoms with Crippen LogP contribution in [-0.4, -0.2) is 7.11 Å². The Labute approximate surface area is 86.5 Å². The van der Waals surface area contributed by atoms with Crippen LogP contribution in [0, 0.1) is 0 Å². The zero-order valence-corrected chi connectivity index (χ0v) is 9.15. The number of hydrogen-bond donors (Lipinski definition) is 0. The average Bonchev–Trinajstić information content (AvgIpc) is 2.46. The molecule has 13 heavy (non-hydrogen) atoms. The summed E-state index contributed by atoms with van der Waals surface area (Å²) in [6.45, 7) is 4.03. The molecule has 0 heterocycles. The van der Waals surface area contributed by atoms with Crippen LogP contribution in [-0.2, 0) is 6.42 Å². The summed E-state index contributed by atoms with van der Waals surface area (Å²) in [6, 6.07) is 4.20. The molecule has 1 aliphatic carbocycles. The van der Waals surface area contributed by atoms with E-state index in [1.54, 1.807) is 7.11 Å². The van der Waals surface area contributed by atoms with Crippen molar-refractivity contribution < 1.29 is 4.74 Å². The van der Waals surface area contributed by atoms with Gasteiger partial charge in [0.1, 0.15) is 5.75 Å². The van der Waals surface area contributed by atoms with Crippen LogP contribution < -0.4 is 4.74 Å². The van der Waals surface area contributed by atoms with Crippen molar-refractivity contribution in [3.63, 3.8) is 0 Å². The van der Waals surface area contributed by atoms with Crippen LogP contribution in [0.5, 0.6) is 5.75 Å². The highest BCUT2D eigenvalue weighted by atomic mass is 79.9. The zero-order valence-electron chi connectivity index (χ0n) is 7.56. The van der Waals surface area contributed by atoms with Gasteiger partial charge in [-0.2, -0.15) is 0 Å². The number of methoxy groups -OCH3 is 1. The zero-order chi connectivity index (χ0) is 9.42. The van der Waals surface area contributed by atoms with E-state index < -0.39 is 0 Å². The number of halogens is 1. The lowest BCUT2D eigenvalue weighted by Crippen LogP contribution is -1.88. The number of ether oxygens (including phenoxy) is 1. The van der Waals surface area contributed by atoms with Crippen molar-refractivity contribution in [2.45, 2.75) is 12.8 Å². The fraction of sp³-hybridized carbons (Fsp3) is 0.273. The highest BCUT2D eigenvalue weighted by Crippen LogP contribution is 2.37. The summed E-state index contributed by atoms with van der Waals surface area (Å²) in [4.78, 5) is 0. The van der Waals surface area contributed by atoms with Crippen molar-refractivity contribution in [2.24, 2.45) is 0 Å². The molecule has 0 aromatic heterocycles. The van der Waals surface area contributed by atoms with Crippen LogP contribution in [0.1, 0.15) is 17.5 Å². The third-order valence-corrected chi connectivity index (χ3v) is 3.07. The van der Waals surface area contributed by atoms with Crippen molar-refractivity contribution in [3.8, 4) is 5.75 Å².